The predicted molar refractivity (Wildman–Crippen MR) is 136 cm³/mol. The molecule has 2 aliphatic carbocycles. The molecule has 3 aliphatic rings. The lowest BCUT2D eigenvalue weighted by atomic mass is 9.72. The Kier molecular flexibility index (Phi) is 6.32. The van der Waals surface area contributed by atoms with E-state index in [9.17, 15) is 9.90 Å². The minimum Gasteiger partial charge on any atom is -0.375 e. The lowest BCUT2D eigenvalue weighted by molar-refractivity contribution is -0.149. The van der Waals surface area contributed by atoms with Crippen LogP contribution in [0.3, 0.4) is 0 Å². The zero-order valence-electron chi connectivity index (χ0n) is 21.0. The second-order valence-electron chi connectivity index (χ2n) is 11.9. The molecule has 0 bridgehead atoms. The number of nitrogens with zero attached hydrogens (tertiary/aromatic N) is 1. The van der Waals surface area contributed by atoms with Crippen molar-refractivity contribution in [3.05, 3.63) is 71.3 Å². The lowest BCUT2D eigenvalue weighted by Gasteiger charge is -2.38. The first kappa shape index (κ1) is 23.6. The summed E-state index contributed by atoms with van der Waals surface area (Å²) in [5.41, 5.74) is 1.91. The fraction of sp³-hybridized carbons (Fsp3) is 0.567. The highest BCUT2D eigenvalue weighted by Crippen LogP contribution is 2.47. The first-order chi connectivity index (χ1) is 16.3. The number of benzene rings is 2. The van der Waals surface area contributed by atoms with Gasteiger partial charge in [0.2, 0.25) is 0 Å². The summed E-state index contributed by atoms with van der Waals surface area (Å²) in [4.78, 5) is 16.2. The maximum Gasteiger partial charge on any atom is 0.257 e. The van der Waals surface area contributed by atoms with Crippen LogP contribution in [0.4, 0.5) is 0 Å². The van der Waals surface area contributed by atoms with Crippen LogP contribution in [0.1, 0.15) is 69.6 Å². The van der Waals surface area contributed by atoms with E-state index in [1.165, 1.54) is 17.5 Å². The molecule has 3 atom stereocenters. The van der Waals surface area contributed by atoms with Crippen molar-refractivity contribution in [1.82, 2.24) is 10.2 Å². The zero-order valence-corrected chi connectivity index (χ0v) is 21.0. The summed E-state index contributed by atoms with van der Waals surface area (Å²) in [6.45, 7) is 9.58. The van der Waals surface area contributed by atoms with Gasteiger partial charge in [-0.25, -0.2) is 0 Å². The topological polar surface area (TPSA) is 52.6 Å². The van der Waals surface area contributed by atoms with E-state index in [0.717, 1.165) is 50.9 Å². The molecular formula is C30H40N2O2. The van der Waals surface area contributed by atoms with Crippen molar-refractivity contribution in [2.75, 3.05) is 13.1 Å². The van der Waals surface area contributed by atoms with Crippen molar-refractivity contribution in [1.29, 1.82) is 0 Å². The molecule has 2 saturated carbocycles. The highest BCUT2D eigenvalue weighted by molar-refractivity contribution is 5.87. The summed E-state index contributed by atoms with van der Waals surface area (Å²) in [6, 6.07) is 19.0. The normalized spacial score (nSPS) is 27.1. The van der Waals surface area contributed by atoms with Crippen molar-refractivity contribution in [3.8, 4) is 0 Å². The van der Waals surface area contributed by atoms with Crippen LogP contribution in [0.5, 0.6) is 0 Å². The van der Waals surface area contributed by atoms with Crippen LogP contribution < -0.4 is 5.32 Å². The molecule has 5 rings (SSSR count). The van der Waals surface area contributed by atoms with Crippen LogP contribution in [-0.4, -0.2) is 35.0 Å². The van der Waals surface area contributed by atoms with E-state index in [1.54, 1.807) is 0 Å². The number of likely N-dealkylation sites (tertiary alicyclic amines) is 1. The average Bonchev–Trinajstić information content (AvgIpc) is 3.27. The van der Waals surface area contributed by atoms with E-state index >= 15 is 0 Å². The number of carbonyl (C=O) groups excluding carboxylic acids is 1. The first-order valence-corrected chi connectivity index (χ1v) is 13.2. The quantitative estimate of drug-likeness (QED) is 0.638. The monoisotopic (exact) mass is 460 g/mol. The SMILES string of the molecule is CC(C)(C)c1ccc(C(O)(C(=O)NC2C3CN(Cc4ccccc4)CC32)C2CCCCC2)cc1. The number of amides is 1. The van der Waals surface area contributed by atoms with Gasteiger partial charge >= 0.3 is 0 Å². The molecular weight excluding hydrogens is 420 g/mol. The Morgan fingerprint density at radius 1 is 0.912 bits per heavy atom. The number of carbonyl (C=O) groups is 1. The van der Waals surface area contributed by atoms with Gasteiger partial charge in [0, 0.05) is 31.6 Å². The maximum atomic E-state index is 13.7. The fourth-order valence-corrected chi connectivity index (χ4v) is 6.36. The molecule has 1 aliphatic heterocycles. The molecule has 0 aromatic heterocycles. The molecule has 1 saturated heterocycles. The lowest BCUT2D eigenvalue weighted by Crippen LogP contribution is -2.52. The molecule has 34 heavy (non-hydrogen) atoms. The molecule has 3 fully saturated rings. The van der Waals surface area contributed by atoms with Gasteiger partial charge in [0.15, 0.2) is 5.60 Å². The number of piperidine rings is 1. The number of fused-ring (bicyclic) bond motifs is 1. The molecule has 3 unspecified atom stereocenters. The third kappa shape index (κ3) is 4.55. The first-order valence-electron chi connectivity index (χ1n) is 13.2. The Morgan fingerprint density at radius 2 is 1.50 bits per heavy atom. The molecule has 4 nitrogen and oxygen atoms in total. The number of aliphatic hydroxyl groups is 1. The van der Waals surface area contributed by atoms with E-state index in [-0.39, 0.29) is 23.3 Å². The van der Waals surface area contributed by atoms with Crippen LogP contribution >= 0.6 is 0 Å². The van der Waals surface area contributed by atoms with E-state index in [0.29, 0.717) is 11.8 Å². The van der Waals surface area contributed by atoms with Crippen molar-refractivity contribution < 1.29 is 9.90 Å². The van der Waals surface area contributed by atoms with Gasteiger partial charge in [-0.1, -0.05) is 94.6 Å². The number of hydrogen-bond donors (Lipinski definition) is 2. The van der Waals surface area contributed by atoms with E-state index in [4.69, 9.17) is 0 Å². The smallest absolute Gasteiger partial charge is 0.257 e. The fourth-order valence-electron chi connectivity index (χ4n) is 6.36. The number of nitrogens with one attached hydrogen (secondary N) is 1. The highest BCUT2D eigenvalue weighted by Gasteiger charge is 2.58. The summed E-state index contributed by atoms with van der Waals surface area (Å²) < 4.78 is 0. The van der Waals surface area contributed by atoms with Gasteiger partial charge in [-0.05, 0) is 46.8 Å². The van der Waals surface area contributed by atoms with Crippen LogP contribution in [0, 0.1) is 17.8 Å². The van der Waals surface area contributed by atoms with Gasteiger partial charge in [0.1, 0.15) is 0 Å². The van der Waals surface area contributed by atoms with Crippen LogP contribution in [0.15, 0.2) is 54.6 Å². The Hall–Kier alpha value is -2.17. The standard InChI is InChI=1S/C30H40N2O2/c1-29(2,3)22-14-16-24(17-15-22)30(34,23-12-8-5-9-13-23)28(33)31-27-25-19-32(20-26(25)27)18-21-10-6-4-7-11-21/h4,6-7,10-11,14-17,23,25-27,34H,5,8-9,12-13,18-20H2,1-3H3,(H,31,33). The molecule has 4 heteroatoms. The van der Waals surface area contributed by atoms with Crippen LogP contribution in [0.2, 0.25) is 0 Å². The average molecular weight is 461 g/mol. The van der Waals surface area contributed by atoms with Gasteiger partial charge in [-0.2, -0.15) is 0 Å². The second kappa shape index (κ2) is 9.13. The van der Waals surface area contributed by atoms with Crippen LogP contribution in [0.25, 0.3) is 0 Å². The molecule has 1 heterocycles. The van der Waals surface area contributed by atoms with Crippen molar-refractivity contribution in [3.63, 3.8) is 0 Å². The van der Waals surface area contributed by atoms with Gasteiger partial charge < -0.3 is 10.4 Å². The van der Waals surface area contributed by atoms with Gasteiger partial charge in [0.05, 0.1) is 0 Å². The van der Waals surface area contributed by atoms with Crippen molar-refractivity contribution in [2.24, 2.45) is 17.8 Å². The molecule has 2 aromatic carbocycles. The molecule has 0 radical (unpaired) electrons. The second-order valence-corrected chi connectivity index (χ2v) is 11.9. The predicted octanol–water partition coefficient (Wildman–Crippen LogP) is 5.00. The van der Waals surface area contributed by atoms with Crippen molar-refractivity contribution in [2.45, 2.75) is 76.5 Å². The highest BCUT2D eigenvalue weighted by atomic mass is 16.3. The van der Waals surface area contributed by atoms with E-state index < -0.39 is 5.60 Å². The largest absolute Gasteiger partial charge is 0.375 e. The Morgan fingerprint density at radius 3 is 2.09 bits per heavy atom. The molecule has 2 aromatic rings. The maximum absolute atomic E-state index is 13.7. The Labute approximate surface area is 204 Å². The summed E-state index contributed by atoms with van der Waals surface area (Å²) >= 11 is 0. The summed E-state index contributed by atoms with van der Waals surface area (Å²) in [7, 11) is 0. The molecule has 2 N–H and O–H groups in total. The Bertz CT molecular complexity index is 979. The van der Waals surface area contributed by atoms with Gasteiger partial charge in [-0.15, -0.1) is 0 Å². The van der Waals surface area contributed by atoms with E-state index in [1.807, 2.05) is 12.1 Å². The third-order valence-electron chi connectivity index (χ3n) is 8.55. The number of rotatable bonds is 6. The van der Waals surface area contributed by atoms with Gasteiger partial charge in [-0.3, -0.25) is 9.69 Å². The van der Waals surface area contributed by atoms with Gasteiger partial charge in [0.25, 0.3) is 5.91 Å². The molecule has 0 spiro atoms. The third-order valence-corrected chi connectivity index (χ3v) is 8.55. The minimum absolute atomic E-state index is 0.0186. The molecule has 182 valence electrons. The minimum atomic E-state index is -1.45. The van der Waals surface area contributed by atoms with E-state index in [2.05, 4.69) is 73.5 Å². The summed E-state index contributed by atoms with van der Waals surface area (Å²) in [5, 5.41) is 15.3. The molecule has 1 amide bonds. The Balaban J connectivity index is 1.28. The van der Waals surface area contributed by atoms with Crippen molar-refractivity contribution >= 4 is 5.91 Å². The zero-order chi connectivity index (χ0) is 23.9. The summed E-state index contributed by atoms with van der Waals surface area (Å²) in [6.07, 6.45) is 5.19. The van der Waals surface area contributed by atoms with Crippen LogP contribution in [-0.2, 0) is 22.4 Å². The summed E-state index contributed by atoms with van der Waals surface area (Å²) in [5.74, 6) is 0.810. The number of hydrogen-bond acceptors (Lipinski definition) is 3.